The zero-order valence-electron chi connectivity index (χ0n) is 11.8. The largest absolute Gasteiger partial charge is 0.481 e. The van der Waals surface area contributed by atoms with Gasteiger partial charge in [-0.05, 0) is 6.92 Å². The predicted molar refractivity (Wildman–Crippen MR) is 78.5 cm³/mol. The smallest absolute Gasteiger partial charge is 0.305 e. The van der Waals surface area contributed by atoms with E-state index in [1.54, 1.807) is 0 Å². The summed E-state index contributed by atoms with van der Waals surface area (Å²) in [6.45, 7) is 3.52. The van der Waals surface area contributed by atoms with E-state index in [0.29, 0.717) is 19.8 Å². The van der Waals surface area contributed by atoms with E-state index in [9.17, 15) is 4.79 Å². The van der Waals surface area contributed by atoms with Crippen molar-refractivity contribution >= 4 is 22.6 Å². The highest BCUT2D eigenvalue weighted by Crippen LogP contribution is 2.28. The van der Waals surface area contributed by atoms with Gasteiger partial charge in [0.1, 0.15) is 0 Å². The molecule has 0 radical (unpaired) electrons. The maximum absolute atomic E-state index is 11.0. The average molecular weight is 287 g/mol. The van der Waals surface area contributed by atoms with Crippen LogP contribution in [0.2, 0.25) is 0 Å². The van der Waals surface area contributed by atoms with Crippen molar-refractivity contribution in [2.75, 3.05) is 24.7 Å². The fraction of sp³-hybridized carbons (Fsp3) is 0.400. The Morgan fingerprint density at radius 3 is 2.90 bits per heavy atom. The maximum atomic E-state index is 11.0. The van der Waals surface area contributed by atoms with Crippen LogP contribution in [0.1, 0.15) is 12.1 Å². The van der Waals surface area contributed by atoms with E-state index in [-0.39, 0.29) is 12.5 Å². The molecule has 2 aromatic rings. The van der Waals surface area contributed by atoms with E-state index in [2.05, 4.69) is 10.2 Å². The first-order valence-corrected chi connectivity index (χ1v) is 6.95. The SMILES string of the molecule is Cc1nnc(N2CCOCC2CC(=O)O)c2ccccc12. The third kappa shape index (κ3) is 2.67. The number of nitrogens with zero attached hydrogens (tertiary/aromatic N) is 3. The van der Waals surface area contributed by atoms with Gasteiger partial charge >= 0.3 is 5.97 Å². The molecule has 6 heteroatoms. The van der Waals surface area contributed by atoms with Gasteiger partial charge in [-0.15, -0.1) is 5.10 Å². The highest BCUT2D eigenvalue weighted by Gasteiger charge is 2.28. The Bertz CT molecular complexity index is 674. The number of aliphatic carboxylic acids is 1. The van der Waals surface area contributed by atoms with Gasteiger partial charge in [0.15, 0.2) is 5.82 Å². The molecule has 1 unspecified atom stereocenters. The van der Waals surface area contributed by atoms with Gasteiger partial charge in [-0.25, -0.2) is 0 Å². The molecule has 21 heavy (non-hydrogen) atoms. The number of aromatic nitrogens is 2. The number of morpholine rings is 1. The summed E-state index contributed by atoms with van der Waals surface area (Å²) in [6.07, 6.45) is 0.0316. The minimum Gasteiger partial charge on any atom is -0.481 e. The van der Waals surface area contributed by atoms with Gasteiger partial charge in [-0.1, -0.05) is 24.3 Å². The van der Waals surface area contributed by atoms with Crippen LogP contribution in [0.4, 0.5) is 5.82 Å². The second kappa shape index (κ2) is 5.65. The molecule has 1 aromatic heterocycles. The molecule has 2 heterocycles. The second-order valence-electron chi connectivity index (χ2n) is 5.17. The van der Waals surface area contributed by atoms with E-state index in [4.69, 9.17) is 9.84 Å². The molecule has 1 fully saturated rings. The number of carbonyl (C=O) groups is 1. The Morgan fingerprint density at radius 1 is 1.38 bits per heavy atom. The summed E-state index contributed by atoms with van der Waals surface area (Å²) in [5, 5.41) is 19.6. The number of benzene rings is 1. The topological polar surface area (TPSA) is 75.5 Å². The summed E-state index contributed by atoms with van der Waals surface area (Å²) < 4.78 is 5.42. The van der Waals surface area contributed by atoms with Crippen LogP contribution >= 0.6 is 0 Å². The summed E-state index contributed by atoms with van der Waals surface area (Å²) in [5.74, 6) is -0.0920. The quantitative estimate of drug-likeness (QED) is 0.924. The number of carboxylic acid groups (broad SMARTS) is 1. The van der Waals surface area contributed by atoms with Crippen molar-refractivity contribution < 1.29 is 14.6 Å². The first kappa shape index (κ1) is 13.8. The molecular weight excluding hydrogens is 270 g/mol. The van der Waals surface area contributed by atoms with E-state index < -0.39 is 5.97 Å². The lowest BCUT2D eigenvalue weighted by Crippen LogP contribution is -2.47. The molecule has 0 amide bonds. The normalized spacial score (nSPS) is 18.9. The zero-order chi connectivity index (χ0) is 14.8. The molecule has 1 N–H and O–H groups in total. The van der Waals surface area contributed by atoms with Crippen LogP contribution in [0, 0.1) is 6.92 Å². The highest BCUT2D eigenvalue weighted by atomic mass is 16.5. The monoisotopic (exact) mass is 287 g/mol. The highest BCUT2D eigenvalue weighted by molar-refractivity contribution is 5.93. The Labute approximate surface area is 122 Å². The van der Waals surface area contributed by atoms with Gasteiger partial charge in [0.2, 0.25) is 0 Å². The van der Waals surface area contributed by atoms with Crippen LogP contribution in [0.5, 0.6) is 0 Å². The summed E-state index contributed by atoms with van der Waals surface area (Å²) in [6, 6.07) is 7.72. The molecule has 6 nitrogen and oxygen atoms in total. The van der Waals surface area contributed by atoms with Crippen molar-refractivity contribution in [3.8, 4) is 0 Å². The molecule has 110 valence electrons. The van der Waals surface area contributed by atoms with Crippen molar-refractivity contribution in [2.45, 2.75) is 19.4 Å². The lowest BCUT2D eigenvalue weighted by Gasteiger charge is -2.36. The van der Waals surface area contributed by atoms with Crippen molar-refractivity contribution in [3.63, 3.8) is 0 Å². The first-order valence-electron chi connectivity index (χ1n) is 6.95. The summed E-state index contributed by atoms with van der Waals surface area (Å²) in [5.41, 5.74) is 0.873. The molecule has 3 rings (SSSR count). The number of fused-ring (bicyclic) bond motifs is 1. The van der Waals surface area contributed by atoms with Crippen molar-refractivity contribution in [2.24, 2.45) is 0 Å². The third-order valence-corrected chi connectivity index (χ3v) is 3.76. The number of hydrogen-bond acceptors (Lipinski definition) is 5. The van der Waals surface area contributed by atoms with Gasteiger partial charge in [0.05, 0.1) is 31.4 Å². The standard InChI is InChI=1S/C15H17N3O3/c1-10-12-4-2-3-5-13(12)15(17-16-10)18-6-7-21-9-11(18)8-14(19)20/h2-5,11H,6-9H2,1H3,(H,19,20). The van der Waals surface area contributed by atoms with Gasteiger partial charge < -0.3 is 14.7 Å². The second-order valence-corrected chi connectivity index (χ2v) is 5.17. The van der Waals surface area contributed by atoms with Gasteiger partial charge in [0, 0.05) is 17.3 Å². The Morgan fingerprint density at radius 2 is 2.14 bits per heavy atom. The van der Waals surface area contributed by atoms with Crippen LogP contribution in [0.15, 0.2) is 24.3 Å². The molecule has 0 bridgehead atoms. The van der Waals surface area contributed by atoms with E-state index in [0.717, 1.165) is 22.3 Å². The lowest BCUT2D eigenvalue weighted by atomic mass is 10.1. The Kier molecular flexibility index (Phi) is 3.70. The van der Waals surface area contributed by atoms with Crippen molar-refractivity contribution in [1.82, 2.24) is 10.2 Å². The first-order chi connectivity index (χ1) is 10.2. The van der Waals surface area contributed by atoms with Crippen LogP contribution in [0.25, 0.3) is 10.8 Å². The maximum Gasteiger partial charge on any atom is 0.305 e. The zero-order valence-corrected chi connectivity index (χ0v) is 11.8. The molecular formula is C15H17N3O3. The Balaban J connectivity index is 2.05. The number of ether oxygens (including phenoxy) is 1. The molecule has 0 spiro atoms. The molecule has 1 atom stereocenters. The Hall–Kier alpha value is -2.21. The number of hydrogen-bond donors (Lipinski definition) is 1. The predicted octanol–water partition coefficient (Wildman–Crippen LogP) is 1.62. The van der Waals surface area contributed by atoms with Crippen LogP contribution in [-0.2, 0) is 9.53 Å². The molecule has 1 aromatic carbocycles. The van der Waals surface area contributed by atoms with Crippen LogP contribution in [-0.4, -0.2) is 47.1 Å². The molecule has 1 aliphatic heterocycles. The summed E-state index contributed by atoms with van der Waals surface area (Å²) >= 11 is 0. The number of aryl methyl sites for hydroxylation is 1. The number of anilines is 1. The van der Waals surface area contributed by atoms with E-state index in [1.807, 2.05) is 36.1 Å². The lowest BCUT2D eigenvalue weighted by molar-refractivity contribution is -0.138. The van der Waals surface area contributed by atoms with Gasteiger partial charge in [-0.3, -0.25) is 4.79 Å². The average Bonchev–Trinajstić information content (AvgIpc) is 2.48. The van der Waals surface area contributed by atoms with Gasteiger partial charge in [-0.2, -0.15) is 5.10 Å². The third-order valence-electron chi connectivity index (χ3n) is 3.76. The summed E-state index contributed by atoms with van der Waals surface area (Å²) in [4.78, 5) is 13.1. The molecule has 1 saturated heterocycles. The van der Waals surface area contributed by atoms with Crippen molar-refractivity contribution in [3.05, 3.63) is 30.0 Å². The van der Waals surface area contributed by atoms with E-state index >= 15 is 0 Å². The number of carboxylic acids is 1. The molecule has 0 aliphatic carbocycles. The van der Waals surface area contributed by atoms with Crippen molar-refractivity contribution in [1.29, 1.82) is 0 Å². The van der Waals surface area contributed by atoms with Crippen LogP contribution in [0.3, 0.4) is 0 Å². The molecule has 1 aliphatic rings. The van der Waals surface area contributed by atoms with E-state index in [1.165, 1.54) is 0 Å². The molecule has 0 saturated carbocycles. The fourth-order valence-electron chi connectivity index (χ4n) is 2.74. The van der Waals surface area contributed by atoms with Gasteiger partial charge in [0.25, 0.3) is 0 Å². The van der Waals surface area contributed by atoms with Crippen LogP contribution < -0.4 is 4.90 Å². The minimum absolute atomic E-state index is 0.0316. The number of rotatable bonds is 3. The minimum atomic E-state index is -0.833. The summed E-state index contributed by atoms with van der Waals surface area (Å²) in [7, 11) is 0. The fourth-order valence-corrected chi connectivity index (χ4v) is 2.74.